The summed E-state index contributed by atoms with van der Waals surface area (Å²) in [5.41, 5.74) is 0. The van der Waals surface area contributed by atoms with Crippen LogP contribution in [0.15, 0.2) is 14.7 Å². The maximum atomic E-state index is 12.3. The zero-order chi connectivity index (χ0) is 14.0. The summed E-state index contributed by atoms with van der Waals surface area (Å²) < 4.78 is 33.0. The first-order valence-electron chi connectivity index (χ1n) is 5.90. The number of hydrogen-bond donors (Lipinski definition) is 2. The smallest absolute Gasteiger partial charge is 0.242 e. The maximum absolute atomic E-state index is 12.3. The number of rotatable bonds is 5. The predicted molar refractivity (Wildman–Crippen MR) is 76.7 cm³/mol. The number of nitrogens with one attached hydrogen (secondary N) is 1. The molecule has 0 amide bonds. The summed E-state index contributed by atoms with van der Waals surface area (Å²) in [5.74, 6) is 0. The van der Waals surface area contributed by atoms with E-state index < -0.39 is 10.0 Å². The van der Waals surface area contributed by atoms with Crippen LogP contribution in [0.1, 0.15) is 24.1 Å². The van der Waals surface area contributed by atoms with Crippen molar-refractivity contribution in [3.05, 3.63) is 14.7 Å². The first-order chi connectivity index (χ1) is 8.96. The van der Waals surface area contributed by atoms with Crippen molar-refractivity contribution in [3.8, 4) is 0 Å². The molecule has 108 valence electrons. The van der Waals surface area contributed by atoms with Gasteiger partial charge >= 0.3 is 0 Å². The second-order valence-electron chi connectivity index (χ2n) is 4.50. The van der Waals surface area contributed by atoms with Crippen molar-refractivity contribution in [2.45, 2.75) is 42.9 Å². The van der Waals surface area contributed by atoms with Gasteiger partial charge in [-0.3, -0.25) is 0 Å². The molecule has 1 aliphatic rings. The summed E-state index contributed by atoms with van der Waals surface area (Å²) in [6, 6.07) is 1.42. The fourth-order valence-corrected chi connectivity index (χ4v) is 6.03. The van der Waals surface area contributed by atoms with Gasteiger partial charge in [-0.1, -0.05) is 0 Å². The Bertz CT molecular complexity index is 543. The highest BCUT2D eigenvalue weighted by Crippen LogP contribution is 2.32. The third kappa shape index (κ3) is 3.56. The average Bonchev–Trinajstić information content (AvgIpc) is 2.95. The molecule has 8 heteroatoms. The normalized spacial score (nSPS) is 23.9. The minimum absolute atomic E-state index is 0.0840. The van der Waals surface area contributed by atoms with E-state index >= 15 is 0 Å². The van der Waals surface area contributed by atoms with Crippen molar-refractivity contribution in [2.75, 3.05) is 7.11 Å². The number of thiophene rings is 1. The van der Waals surface area contributed by atoms with E-state index in [1.54, 1.807) is 7.11 Å². The molecule has 0 bridgehead atoms. The number of methoxy groups -OCH3 is 1. The van der Waals surface area contributed by atoms with Gasteiger partial charge in [0.05, 0.1) is 16.5 Å². The molecule has 1 aromatic rings. The van der Waals surface area contributed by atoms with Gasteiger partial charge in [0.15, 0.2) is 0 Å². The molecule has 1 heterocycles. The lowest BCUT2D eigenvalue weighted by Gasteiger charge is -2.12. The molecule has 1 fully saturated rings. The van der Waals surface area contributed by atoms with Gasteiger partial charge in [0.25, 0.3) is 0 Å². The summed E-state index contributed by atoms with van der Waals surface area (Å²) in [4.78, 5) is 0.816. The van der Waals surface area contributed by atoms with Crippen LogP contribution in [0.4, 0.5) is 0 Å². The van der Waals surface area contributed by atoms with Crippen molar-refractivity contribution in [1.82, 2.24) is 4.72 Å². The van der Waals surface area contributed by atoms with Crippen LogP contribution >= 0.6 is 27.3 Å². The molecule has 2 N–H and O–H groups in total. The van der Waals surface area contributed by atoms with Gasteiger partial charge in [-0.2, -0.15) is 0 Å². The van der Waals surface area contributed by atoms with Crippen LogP contribution in [-0.2, 0) is 21.4 Å². The molecule has 2 rings (SSSR count). The van der Waals surface area contributed by atoms with Gasteiger partial charge in [-0.25, -0.2) is 13.1 Å². The Morgan fingerprint density at radius 3 is 2.84 bits per heavy atom. The van der Waals surface area contributed by atoms with Crippen LogP contribution in [0.5, 0.6) is 0 Å². The van der Waals surface area contributed by atoms with Gasteiger partial charge in [0.1, 0.15) is 4.90 Å². The van der Waals surface area contributed by atoms with Crippen LogP contribution in [0.25, 0.3) is 0 Å². The molecule has 5 nitrogen and oxygen atoms in total. The van der Waals surface area contributed by atoms with Crippen LogP contribution in [0.2, 0.25) is 0 Å². The largest absolute Gasteiger partial charge is 0.391 e. The van der Waals surface area contributed by atoms with Crippen LogP contribution in [0, 0.1) is 0 Å². The Kier molecular flexibility index (Phi) is 5.02. The van der Waals surface area contributed by atoms with Crippen molar-refractivity contribution < 1.29 is 18.3 Å². The Morgan fingerprint density at radius 2 is 2.32 bits per heavy atom. The summed E-state index contributed by atoms with van der Waals surface area (Å²) in [7, 11) is -1.91. The minimum Gasteiger partial charge on any atom is -0.391 e. The van der Waals surface area contributed by atoms with E-state index in [0.29, 0.717) is 15.1 Å². The zero-order valence-corrected chi connectivity index (χ0v) is 13.6. The van der Waals surface area contributed by atoms with Crippen molar-refractivity contribution in [1.29, 1.82) is 0 Å². The van der Waals surface area contributed by atoms with Crippen LogP contribution in [0.3, 0.4) is 0 Å². The first kappa shape index (κ1) is 15.4. The zero-order valence-electron chi connectivity index (χ0n) is 10.4. The Morgan fingerprint density at radius 1 is 1.58 bits per heavy atom. The molecular formula is C11H16BrNO4S2. The SMILES string of the molecule is COC1CCC(NS(=O)(=O)c2cc(CO)sc2Br)C1. The number of halogens is 1. The van der Waals surface area contributed by atoms with Crippen molar-refractivity contribution in [3.63, 3.8) is 0 Å². The predicted octanol–water partition coefficient (Wildman–Crippen LogP) is 1.85. The van der Waals surface area contributed by atoms with Crippen LogP contribution in [-0.4, -0.2) is 32.8 Å². The molecule has 0 aromatic carbocycles. The quantitative estimate of drug-likeness (QED) is 0.830. The molecule has 1 aliphatic carbocycles. The molecule has 1 saturated carbocycles. The molecule has 2 atom stereocenters. The number of ether oxygens (including phenoxy) is 1. The van der Waals surface area contributed by atoms with E-state index in [0.717, 1.165) is 12.8 Å². The molecule has 2 unspecified atom stereocenters. The Balaban J connectivity index is 2.12. The lowest BCUT2D eigenvalue weighted by Crippen LogP contribution is -2.33. The summed E-state index contributed by atoms with van der Waals surface area (Å²) >= 11 is 4.46. The maximum Gasteiger partial charge on any atom is 0.242 e. The summed E-state index contributed by atoms with van der Waals surface area (Å²) in [5, 5.41) is 9.05. The van der Waals surface area contributed by atoms with E-state index in [4.69, 9.17) is 9.84 Å². The van der Waals surface area contributed by atoms with Gasteiger partial charge < -0.3 is 9.84 Å². The van der Waals surface area contributed by atoms with Gasteiger partial charge in [0, 0.05) is 18.0 Å². The molecule has 19 heavy (non-hydrogen) atoms. The number of sulfonamides is 1. The monoisotopic (exact) mass is 369 g/mol. The van der Waals surface area contributed by atoms with Gasteiger partial charge in [0.2, 0.25) is 10.0 Å². The Labute approximate surface area is 125 Å². The molecule has 0 spiro atoms. The minimum atomic E-state index is -3.55. The van der Waals surface area contributed by atoms with E-state index in [9.17, 15) is 8.42 Å². The standard InChI is InChI=1S/C11H16BrNO4S2/c1-17-8-3-2-7(4-8)13-19(15,16)10-5-9(6-14)18-11(10)12/h5,7-8,13-14H,2-4,6H2,1H3. The summed E-state index contributed by atoms with van der Waals surface area (Å²) in [6.07, 6.45) is 2.49. The lowest BCUT2D eigenvalue weighted by atomic mass is 10.3. The second-order valence-corrected chi connectivity index (χ2v) is 8.63. The number of aliphatic hydroxyl groups excluding tert-OH is 1. The number of hydrogen-bond acceptors (Lipinski definition) is 5. The Hall–Kier alpha value is 0.01000. The number of aliphatic hydroxyl groups is 1. The van der Waals surface area contributed by atoms with E-state index in [1.165, 1.54) is 17.4 Å². The van der Waals surface area contributed by atoms with Crippen molar-refractivity contribution >= 4 is 37.3 Å². The highest BCUT2D eigenvalue weighted by atomic mass is 79.9. The second kappa shape index (κ2) is 6.19. The fraction of sp³-hybridized carbons (Fsp3) is 0.636. The highest BCUT2D eigenvalue weighted by Gasteiger charge is 2.30. The molecular weight excluding hydrogens is 354 g/mol. The van der Waals surface area contributed by atoms with Gasteiger partial charge in [-0.05, 0) is 41.3 Å². The topological polar surface area (TPSA) is 75.6 Å². The average molecular weight is 370 g/mol. The molecule has 1 aromatic heterocycles. The highest BCUT2D eigenvalue weighted by molar-refractivity contribution is 9.11. The van der Waals surface area contributed by atoms with E-state index in [-0.39, 0.29) is 23.6 Å². The van der Waals surface area contributed by atoms with Crippen LogP contribution < -0.4 is 4.72 Å². The third-order valence-corrected chi connectivity index (χ3v) is 6.95. The molecule has 0 aliphatic heterocycles. The van der Waals surface area contributed by atoms with Crippen molar-refractivity contribution in [2.24, 2.45) is 0 Å². The molecule has 0 radical (unpaired) electrons. The third-order valence-electron chi connectivity index (χ3n) is 3.19. The van der Waals surface area contributed by atoms with E-state index in [2.05, 4.69) is 20.7 Å². The van der Waals surface area contributed by atoms with Gasteiger partial charge in [-0.15, -0.1) is 11.3 Å². The fourth-order valence-electron chi connectivity index (χ4n) is 2.20. The summed E-state index contributed by atoms with van der Waals surface area (Å²) in [6.45, 7) is -0.159. The molecule has 0 saturated heterocycles. The first-order valence-corrected chi connectivity index (χ1v) is 8.99. The lowest BCUT2D eigenvalue weighted by molar-refractivity contribution is 0.107. The van der Waals surface area contributed by atoms with E-state index in [1.807, 2.05) is 0 Å².